The van der Waals surface area contributed by atoms with Crippen molar-refractivity contribution < 1.29 is 9.59 Å². The fraction of sp³-hybridized carbons (Fsp3) is 0.600. The first-order chi connectivity index (χ1) is 11.1. The molecule has 0 radical (unpaired) electrons. The van der Waals surface area contributed by atoms with Gasteiger partial charge in [0.15, 0.2) is 0 Å². The van der Waals surface area contributed by atoms with Crippen molar-refractivity contribution in [3.8, 4) is 0 Å². The minimum atomic E-state index is -0.430. The Balaban J connectivity index is 1.71. The summed E-state index contributed by atoms with van der Waals surface area (Å²) in [6, 6.07) is 1.41. The molecule has 2 N–H and O–H groups in total. The standard InChI is InChI=1S/C15H24N6O2/c1-3-12(2)18-15(23)19-13(22)11-20-7-9-21(10-8-20)14-16-5-4-6-17-14/h4-6,12H,3,7-11H2,1-2H3,(H2,18,19,22,23)/t12-/m0/s1. The molecule has 1 aliphatic rings. The number of carbonyl (C=O) groups is 2. The van der Waals surface area contributed by atoms with Gasteiger partial charge in [0.05, 0.1) is 6.54 Å². The highest BCUT2D eigenvalue weighted by Gasteiger charge is 2.21. The molecule has 0 spiro atoms. The molecule has 0 unspecified atom stereocenters. The van der Waals surface area contributed by atoms with Crippen LogP contribution in [-0.2, 0) is 4.79 Å². The number of rotatable bonds is 5. The Morgan fingerprint density at radius 2 is 1.87 bits per heavy atom. The van der Waals surface area contributed by atoms with Crippen LogP contribution in [0.5, 0.6) is 0 Å². The van der Waals surface area contributed by atoms with E-state index < -0.39 is 6.03 Å². The highest BCUT2D eigenvalue weighted by atomic mass is 16.2. The van der Waals surface area contributed by atoms with E-state index in [2.05, 4.69) is 25.5 Å². The first-order valence-electron chi connectivity index (χ1n) is 7.93. The molecule has 8 nitrogen and oxygen atoms in total. The Bertz CT molecular complexity index is 516. The maximum absolute atomic E-state index is 11.9. The van der Waals surface area contributed by atoms with Crippen molar-refractivity contribution in [3.05, 3.63) is 18.5 Å². The van der Waals surface area contributed by atoms with E-state index in [0.717, 1.165) is 32.6 Å². The van der Waals surface area contributed by atoms with Crippen LogP contribution in [0.2, 0.25) is 0 Å². The fourth-order valence-corrected chi connectivity index (χ4v) is 2.29. The summed E-state index contributed by atoms with van der Waals surface area (Å²) in [6.45, 7) is 7.08. The molecule has 3 amide bonds. The lowest BCUT2D eigenvalue weighted by atomic mass is 10.3. The number of hydrogen-bond acceptors (Lipinski definition) is 6. The lowest BCUT2D eigenvalue weighted by molar-refractivity contribution is -0.121. The zero-order valence-electron chi connectivity index (χ0n) is 13.7. The Labute approximate surface area is 136 Å². The van der Waals surface area contributed by atoms with Crippen molar-refractivity contribution >= 4 is 17.9 Å². The number of aromatic nitrogens is 2. The van der Waals surface area contributed by atoms with Crippen LogP contribution in [0.1, 0.15) is 20.3 Å². The summed E-state index contributed by atoms with van der Waals surface area (Å²) in [7, 11) is 0. The van der Waals surface area contributed by atoms with Gasteiger partial charge < -0.3 is 10.2 Å². The van der Waals surface area contributed by atoms with E-state index >= 15 is 0 Å². The van der Waals surface area contributed by atoms with Gasteiger partial charge in [-0.3, -0.25) is 15.0 Å². The zero-order valence-corrected chi connectivity index (χ0v) is 13.7. The molecule has 0 saturated carbocycles. The molecule has 2 rings (SSSR count). The van der Waals surface area contributed by atoms with E-state index in [0.29, 0.717) is 5.95 Å². The Morgan fingerprint density at radius 3 is 2.48 bits per heavy atom. The largest absolute Gasteiger partial charge is 0.338 e. The second kappa shape index (κ2) is 8.42. The SMILES string of the molecule is CC[C@H](C)NC(=O)NC(=O)CN1CCN(c2ncccn2)CC1. The molecule has 0 aromatic carbocycles. The third-order valence-corrected chi connectivity index (χ3v) is 3.82. The Morgan fingerprint density at radius 1 is 1.22 bits per heavy atom. The van der Waals surface area contributed by atoms with Crippen LogP contribution in [0.25, 0.3) is 0 Å². The van der Waals surface area contributed by atoms with Crippen LogP contribution in [0.3, 0.4) is 0 Å². The Kier molecular flexibility index (Phi) is 6.28. The van der Waals surface area contributed by atoms with Crippen LogP contribution >= 0.6 is 0 Å². The van der Waals surface area contributed by atoms with E-state index in [1.54, 1.807) is 18.5 Å². The van der Waals surface area contributed by atoms with Crippen molar-refractivity contribution in [2.24, 2.45) is 0 Å². The average Bonchev–Trinajstić information content (AvgIpc) is 2.56. The minimum Gasteiger partial charge on any atom is -0.338 e. The molecule has 1 fully saturated rings. The topological polar surface area (TPSA) is 90.5 Å². The number of piperazine rings is 1. The molecule has 1 saturated heterocycles. The number of amides is 3. The molecule has 1 aromatic heterocycles. The fourth-order valence-electron chi connectivity index (χ4n) is 2.29. The maximum Gasteiger partial charge on any atom is 0.321 e. The van der Waals surface area contributed by atoms with E-state index in [-0.39, 0.29) is 18.5 Å². The third kappa shape index (κ3) is 5.48. The lowest BCUT2D eigenvalue weighted by Crippen LogP contribution is -2.52. The number of hydrogen-bond donors (Lipinski definition) is 2. The summed E-state index contributed by atoms with van der Waals surface area (Å²) in [6.07, 6.45) is 4.27. The van der Waals surface area contributed by atoms with E-state index in [1.807, 2.05) is 18.7 Å². The second-order valence-electron chi connectivity index (χ2n) is 5.64. The summed E-state index contributed by atoms with van der Waals surface area (Å²) >= 11 is 0. The average molecular weight is 320 g/mol. The van der Waals surface area contributed by atoms with Gasteiger partial charge in [-0.15, -0.1) is 0 Å². The van der Waals surface area contributed by atoms with Crippen LogP contribution in [0, 0.1) is 0 Å². The minimum absolute atomic E-state index is 0.0530. The van der Waals surface area contributed by atoms with Crippen molar-refractivity contribution in [2.45, 2.75) is 26.3 Å². The maximum atomic E-state index is 11.9. The summed E-state index contributed by atoms with van der Waals surface area (Å²) in [5.74, 6) is 0.430. The van der Waals surface area contributed by atoms with Crippen molar-refractivity contribution in [1.29, 1.82) is 0 Å². The summed E-state index contributed by atoms with van der Waals surface area (Å²) in [4.78, 5) is 36.1. The second-order valence-corrected chi connectivity index (χ2v) is 5.64. The normalized spacial score (nSPS) is 16.7. The smallest absolute Gasteiger partial charge is 0.321 e. The van der Waals surface area contributed by atoms with Crippen LogP contribution < -0.4 is 15.5 Å². The molecule has 1 aliphatic heterocycles. The van der Waals surface area contributed by atoms with Gasteiger partial charge >= 0.3 is 6.03 Å². The molecule has 1 atom stereocenters. The van der Waals surface area contributed by atoms with E-state index in [1.165, 1.54) is 0 Å². The van der Waals surface area contributed by atoms with Gasteiger partial charge in [-0.1, -0.05) is 6.92 Å². The van der Waals surface area contributed by atoms with Gasteiger partial charge in [-0.25, -0.2) is 14.8 Å². The summed E-state index contributed by atoms with van der Waals surface area (Å²) < 4.78 is 0. The highest BCUT2D eigenvalue weighted by molar-refractivity contribution is 5.95. The van der Waals surface area contributed by atoms with Gasteiger partial charge in [0, 0.05) is 44.6 Å². The number of carbonyl (C=O) groups excluding carboxylic acids is 2. The summed E-state index contributed by atoms with van der Waals surface area (Å²) in [5.41, 5.74) is 0. The molecule has 2 heterocycles. The third-order valence-electron chi connectivity index (χ3n) is 3.82. The monoisotopic (exact) mass is 320 g/mol. The number of imide groups is 1. The van der Waals surface area contributed by atoms with Gasteiger partial charge in [0.1, 0.15) is 0 Å². The molecule has 0 bridgehead atoms. The number of nitrogens with one attached hydrogen (secondary N) is 2. The van der Waals surface area contributed by atoms with Gasteiger partial charge in [0.2, 0.25) is 11.9 Å². The van der Waals surface area contributed by atoms with Crippen molar-refractivity contribution in [3.63, 3.8) is 0 Å². The summed E-state index contributed by atoms with van der Waals surface area (Å²) in [5, 5.41) is 5.08. The predicted molar refractivity (Wildman–Crippen MR) is 87.1 cm³/mol. The molecule has 0 aliphatic carbocycles. The lowest BCUT2D eigenvalue weighted by Gasteiger charge is -2.34. The quantitative estimate of drug-likeness (QED) is 0.807. The zero-order chi connectivity index (χ0) is 16.7. The predicted octanol–water partition coefficient (Wildman–Crippen LogP) is 0.223. The first-order valence-corrected chi connectivity index (χ1v) is 7.93. The van der Waals surface area contributed by atoms with Gasteiger partial charge in [-0.05, 0) is 19.4 Å². The molecule has 8 heteroatoms. The Hall–Kier alpha value is -2.22. The van der Waals surface area contributed by atoms with Crippen LogP contribution in [0.15, 0.2) is 18.5 Å². The van der Waals surface area contributed by atoms with Gasteiger partial charge in [0.25, 0.3) is 0 Å². The highest BCUT2D eigenvalue weighted by Crippen LogP contribution is 2.09. The van der Waals surface area contributed by atoms with E-state index in [9.17, 15) is 9.59 Å². The van der Waals surface area contributed by atoms with Crippen molar-refractivity contribution in [2.75, 3.05) is 37.6 Å². The van der Waals surface area contributed by atoms with Gasteiger partial charge in [-0.2, -0.15) is 0 Å². The molecular weight excluding hydrogens is 296 g/mol. The first kappa shape index (κ1) is 17.1. The molecule has 1 aromatic rings. The van der Waals surface area contributed by atoms with Crippen LogP contribution in [-0.4, -0.2) is 65.6 Å². The van der Waals surface area contributed by atoms with Crippen LogP contribution in [0.4, 0.5) is 10.7 Å². The number of anilines is 1. The molecule has 126 valence electrons. The number of urea groups is 1. The molecule has 23 heavy (non-hydrogen) atoms. The molecular formula is C15H24N6O2. The van der Waals surface area contributed by atoms with Crippen molar-refractivity contribution in [1.82, 2.24) is 25.5 Å². The number of nitrogens with zero attached hydrogens (tertiary/aromatic N) is 4. The van der Waals surface area contributed by atoms with E-state index in [4.69, 9.17) is 0 Å².